The summed E-state index contributed by atoms with van der Waals surface area (Å²) in [6.45, 7) is 2.15. The number of hydrogen-bond donors (Lipinski definition) is 1. The predicted molar refractivity (Wildman–Crippen MR) is 83.1 cm³/mol. The largest absolute Gasteiger partial charge is 0.480 e. The van der Waals surface area contributed by atoms with Crippen LogP contribution in [0.1, 0.15) is 26.2 Å². The Balaban J connectivity index is 2.53. The van der Waals surface area contributed by atoms with Crippen LogP contribution in [0.2, 0.25) is 0 Å². The third kappa shape index (κ3) is 2.58. The van der Waals surface area contributed by atoms with Gasteiger partial charge < -0.3 is 10.0 Å². The average molecular weight is 390 g/mol. The Labute approximate surface area is 130 Å². The molecule has 1 atom stereocenters. The lowest BCUT2D eigenvalue weighted by molar-refractivity contribution is -0.384. The number of hydrogen-bond acceptors (Lipinski definition) is 4. The van der Waals surface area contributed by atoms with Gasteiger partial charge in [-0.05, 0) is 60.9 Å². The van der Waals surface area contributed by atoms with Gasteiger partial charge in [0.1, 0.15) is 11.2 Å². The number of nitrogens with zero attached hydrogens (tertiary/aromatic N) is 2. The molecule has 0 saturated carbocycles. The third-order valence-electron chi connectivity index (χ3n) is 3.78. The summed E-state index contributed by atoms with van der Waals surface area (Å²) in [6, 6.07) is 4.89. The fourth-order valence-electron chi connectivity index (χ4n) is 2.60. The van der Waals surface area contributed by atoms with Gasteiger partial charge in [0.15, 0.2) is 0 Å². The second-order valence-corrected chi connectivity index (χ2v) is 6.32. The van der Waals surface area contributed by atoms with Crippen molar-refractivity contribution in [2.24, 2.45) is 0 Å². The summed E-state index contributed by atoms with van der Waals surface area (Å²) in [5.74, 6) is -0.940. The van der Waals surface area contributed by atoms with Crippen LogP contribution in [0.25, 0.3) is 0 Å². The van der Waals surface area contributed by atoms with E-state index in [1.165, 1.54) is 6.07 Å². The summed E-state index contributed by atoms with van der Waals surface area (Å²) in [5.41, 5.74) is -0.734. The highest BCUT2D eigenvalue weighted by Crippen LogP contribution is 2.38. The molecule has 1 N–H and O–H groups in total. The van der Waals surface area contributed by atoms with Gasteiger partial charge in [0, 0.05) is 16.2 Å². The monoisotopic (exact) mass is 390 g/mol. The Morgan fingerprint density at radius 2 is 2.20 bits per heavy atom. The molecular weight excluding hydrogens is 375 g/mol. The molecule has 7 heteroatoms. The maximum Gasteiger partial charge on any atom is 0.329 e. The van der Waals surface area contributed by atoms with Gasteiger partial charge >= 0.3 is 5.97 Å². The number of benzene rings is 1. The quantitative estimate of drug-likeness (QED) is 0.487. The first-order valence-corrected chi connectivity index (χ1v) is 7.39. The van der Waals surface area contributed by atoms with E-state index in [9.17, 15) is 20.0 Å². The number of rotatable bonds is 3. The summed E-state index contributed by atoms with van der Waals surface area (Å²) in [5, 5.41) is 20.7. The van der Waals surface area contributed by atoms with Gasteiger partial charge in [0.25, 0.3) is 5.69 Å². The number of carboxylic acid groups (broad SMARTS) is 1. The minimum atomic E-state index is -1.09. The highest BCUT2D eigenvalue weighted by molar-refractivity contribution is 14.1. The van der Waals surface area contributed by atoms with E-state index in [-0.39, 0.29) is 5.69 Å². The molecule has 0 spiro atoms. The highest BCUT2D eigenvalue weighted by atomic mass is 127. The zero-order valence-electron chi connectivity index (χ0n) is 11.0. The number of aliphatic carboxylic acids is 1. The topological polar surface area (TPSA) is 83.7 Å². The number of carboxylic acids is 1. The molecule has 1 heterocycles. The molecule has 6 nitrogen and oxygen atoms in total. The van der Waals surface area contributed by atoms with Gasteiger partial charge in [0.2, 0.25) is 0 Å². The number of carbonyl (C=O) groups is 1. The normalized spacial score (nSPS) is 22.6. The first kappa shape index (κ1) is 15.0. The molecule has 1 fully saturated rings. The Kier molecular flexibility index (Phi) is 4.17. The lowest BCUT2D eigenvalue weighted by Gasteiger charge is -2.42. The second kappa shape index (κ2) is 5.55. The van der Waals surface area contributed by atoms with Crippen LogP contribution in [-0.4, -0.2) is 28.1 Å². The molecule has 1 aromatic rings. The summed E-state index contributed by atoms with van der Waals surface area (Å²) in [7, 11) is 0. The van der Waals surface area contributed by atoms with Crippen molar-refractivity contribution >= 4 is 39.9 Å². The summed E-state index contributed by atoms with van der Waals surface area (Å²) >= 11 is 2.01. The second-order valence-electron chi connectivity index (χ2n) is 5.08. The van der Waals surface area contributed by atoms with Gasteiger partial charge in [-0.1, -0.05) is 0 Å². The summed E-state index contributed by atoms with van der Waals surface area (Å²) in [6.07, 6.45) is 2.15. The minimum Gasteiger partial charge on any atom is -0.480 e. The van der Waals surface area contributed by atoms with Crippen LogP contribution >= 0.6 is 22.6 Å². The molecule has 0 radical (unpaired) electrons. The van der Waals surface area contributed by atoms with Gasteiger partial charge in [-0.25, -0.2) is 4.79 Å². The van der Waals surface area contributed by atoms with Crippen molar-refractivity contribution in [2.45, 2.75) is 31.7 Å². The van der Waals surface area contributed by atoms with Gasteiger partial charge in [-0.15, -0.1) is 0 Å². The molecular formula is C13H15IN2O4. The Hall–Kier alpha value is -1.38. The molecule has 0 bridgehead atoms. The molecule has 20 heavy (non-hydrogen) atoms. The average Bonchev–Trinajstić information content (AvgIpc) is 2.39. The molecule has 1 saturated heterocycles. The first-order chi connectivity index (χ1) is 9.36. The number of halogens is 1. The SMILES string of the molecule is CC1(C(=O)O)CCCCN1c1ccc(I)cc1[N+](=O)[O-]. The van der Waals surface area contributed by atoms with E-state index in [1.54, 1.807) is 24.0 Å². The van der Waals surface area contributed by atoms with Crippen LogP contribution in [0, 0.1) is 13.7 Å². The number of nitro groups is 1. The van der Waals surface area contributed by atoms with Crippen molar-refractivity contribution in [1.82, 2.24) is 0 Å². The molecule has 2 rings (SSSR count). The molecule has 1 aliphatic rings. The van der Waals surface area contributed by atoms with Gasteiger partial charge in [-0.2, -0.15) is 0 Å². The van der Waals surface area contributed by atoms with Crippen molar-refractivity contribution in [3.8, 4) is 0 Å². The predicted octanol–water partition coefficient (Wildman–Crippen LogP) is 3.03. The minimum absolute atomic E-state index is 0.0359. The zero-order valence-corrected chi connectivity index (χ0v) is 13.2. The van der Waals surface area contributed by atoms with Crippen molar-refractivity contribution in [2.75, 3.05) is 11.4 Å². The molecule has 0 amide bonds. The van der Waals surface area contributed by atoms with Crippen LogP contribution in [0.5, 0.6) is 0 Å². The Morgan fingerprint density at radius 3 is 2.80 bits per heavy atom. The third-order valence-corrected chi connectivity index (χ3v) is 4.45. The van der Waals surface area contributed by atoms with E-state index in [0.717, 1.165) is 16.4 Å². The maximum absolute atomic E-state index is 11.6. The lowest BCUT2D eigenvalue weighted by atomic mass is 9.87. The smallest absolute Gasteiger partial charge is 0.329 e. The molecule has 1 aromatic carbocycles. The van der Waals surface area contributed by atoms with E-state index >= 15 is 0 Å². The first-order valence-electron chi connectivity index (χ1n) is 6.31. The molecule has 108 valence electrons. The van der Waals surface area contributed by atoms with E-state index in [0.29, 0.717) is 18.7 Å². The molecule has 0 aliphatic carbocycles. The fourth-order valence-corrected chi connectivity index (χ4v) is 3.08. The number of anilines is 1. The van der Waals surface area contributed by atoms with E-state index in [1.807, 2.05) is 22.6 Å². The molecule has 1 unspecified atom stereocenters. The fraction of sp³-hybridized carbons (Fsp3) is 0.462. The van der Waals surface area contributed by atoms with E-state index < -0.39 is 16.4 Å². The van der Waals surface area contributed by atoms with Crippen LogP contribution < -0.4 is 4.90 Å². The summed E-state index contributed by atoms with van der Waals surface area (Å²) in [4.78, 5) is 24.0. The highest BCUT2D eigenvalue weighted by Gasteiger charge is 2.43. The van der Waals surface area contributed by atoms with Crippen molar-refractivity contribution < 1.29 is 14.8 Å². The zero-order chi connectivity index (χ0) is 14.9. The van der Waals surface area contributed by atoms with E-state index in [2.05, 4.69) is 0 Å². The van der Waals surface area contributed by atoms with Gasteiger partial charge in [-0.3, -0.25) is 10.1 Å². The molecule has 1 aliphatic heterocycles. The standard InChI is InChI=1S/C13H15IN2O4/c1-13(12(17)18)6-2-3-7-15(13)10-5-4-9(14)8-11(10)16(19)20/h4-5,8H,2-3,6-7H2,1H3,(H,17,18). The van der Waals surface area contributed by atoms with Crippen LogP contribution in [0.4, 0.5) is 11.4 Å². The lowest BCUT2D eigenvalue weighted by Crippen LogP contribution is -2.55. The van der Waals surface area contributed by atoms with Crippen molar-refractivity contribution in [1.29, 1.82) is 0 Å². The van der Waals surface area contributed by atoms with E-state index in [4.69, 9.17) is 0 Å². The Morgan fingerprint density at radius 1 is 1.50 bits per heavy atom. The van der Waals surface area contributed by atoms with Crippen LogP contribution in [-0.2, 0) is 4.79 Å². The summed E-state index contributed by atoms with van der Waals surface area (Å²) < 4.78 is 0.757. The Bertz CT molecular complexity index is 563. The maximum atomic E-state index is 11.6. The van der Waals surface area contributed by atoms with Crippen LogP contribution in [0.3, 0.4) is 0 Å². The van der Waals surface area contributed by atoms with Gasteiger partial charge in [0.05, 0.1) is 4.92 Å². The number of piperidine rings is 1. The van der Waals surface area contributed by atoms with Crippen molar-refractivity contribution in [3.05, 3.63) is 31.9 Å². The van der Waals surface area contributed by atoms with Crippen LogP contribution in [0.15, 0.2) is 18.2 Å². The number of nitro benzene ring substituents is 1. The molecule has 0 aromatic heterocycles. The van der Waals surface area contributed by atoms with Crippen molar-refractivity contribution in [3.63, 3.8) is 0 Å².